The first-order valence-corrected chi connectivity index (χ1v) is 17.2. The summed E-state index contributed by atoms with van der Waals surface area (Å²) < 4.78 is 11.6. The summed E-state index contributed by atoms with van der Waals surface area (Å²) in [5.74, 6) is 1.86. The van der Waals surface area contributed by atoms with E-state index in [1.54, 1.807) is 47.8 Å². The number of carboxylic acids is 1. The number of thioether (sulfide) groups is 2. The van der Waals surface area contributed by atoms with Crippen LogP contribution < -0.4 is 20.7 Å². The maximum absolute atomic E-state index is 12.7. The number of amides is 3. The first kappa shape index (κ1) is 34.7. The molecule has 0 unspecified atom stereocenters. The van der Waals surface area contributed by atoms with E-state index in [9.17, 15) is 24.3 Å². The van der Waals surface area contributed by atoms with Gasteiger partial charge in [-0.05, 0) is 39.9 Å². The molecule has 3 amide bonds. The van der Waals surface area contributed by atoms with Crippen molar-refractivity contribution < 1.29 is 33.8 Å². The summed E-state index contributed by atoms with van der Waals surface area (Å²) in [5, 5.41) is 17.9. The third-order valence-electron chi connectivity index (χ3n) is 7.34. The van der Waals surface area contributed by atoms with Crippen molar-refractivity contribution in [2.75, 3.05) is 36.5 Å². The maximum atomic E-state index is 12.7. The minimum atomic E-state index is -1.17. The highest BCUT2D eigenvalue weighted by Crippen LogP contribution is 2.44. The van der Waals surface area contributed by atoms with E-state index in [-0.39, 0.29) is 36.7 Å². The summed E-state index contributed by atoms with van der Waals surface area (Å²) in [6, 6.07) is 21.9. The Morgan fingerprint density at radius 2 is 1.35 bits per heavy atom. The van der Waals surface area contributed by atoms with E-state index in [1.807, 2.05) is 36.4 Å². The standard InChI is InChI=1S/C34H39N3O7S2/c1-22(38)35-20-45-18-25(19-46-21-36-23(2)39)16-43-26-13-11-24(12-14-26)15-32(33(40)41)37-34(42)44-17-31-29-9-5-3-7-27(29)28-8-4-6-10-30(28)31/h3-14,25,31-32H,15-21H2,1-2H3,(H,35,38)(H,36,39)(H,37,42)(H,40,41)/t32-/m0/s1. The molecule has 0 radical (unpaired) electrons. The van der Waals surface area contributed by atoms with Crippen LogP contribution in [0.2, 0.25) is 0 Å². The molecule has 244 valence electrons. The third-order valence-corrected chi connectivity index (χ3v) is 9.45. The highest BCUT2D eigenvalue weighted by atomic mass is 32.2. The monoisotopic (exact) mass is 665 g/mol. The van der Waals surface area contributed by atoms with Gasteiger partial charge in [-0.3, -0.25) is 9.59 Å². The number of alkyl carbamates (subject to hydrolysis) is 1. The minimum absolute atomic E-state index is 0.0714. The van der Waals surface area contributed by atoms with E-state index in [4.69, 9.17) is 9.47 Å². The smallest absolute Gasteiger partial charge is 0.407 e. The van der Waals surface area contributed by atoms with Crippen LogP contribution in [0.25, 0.3) is 11.1 Å². The molecule has 1 aliphatic rings. The Hall–Kier alpha value is -4.16. The predicted octanol–water partition coefficient (Wildman–Crippen LogP) is 4.87. The fraction of sp³-hybridized carbons (Fsp3) is 0.353. The van der Waals surface area contributed by atoms with Crippen LogP contribution >= 0.6 is 23.5 Å². The summed E-state index contributed by atoms with van der Waals surface area (Å²) in [6.45, 7) is 3.48. The minimum Gasteiger partial charge on any atom is -0.493 e. The van der Waals surface area contributed by atoms with Crippen molar-refractivity contribution >= 4 is 47.4 Å². The number of carbonyl (C=O) groups is 4. The lowest BCUT2D eigenvalue weighted by Gasteiger charge is -2.18. The van der Waals surface area contributed by atoms with Gasteiger partial charge in [-0.15, -0.1) is 23.5 Å². The van der Waals surface area contributed by atoms with E-state index < -0.39 is 18.1 Å². The molecule has 0 heterocycles. The predicted molar refractivity (Wildman–Crippen MR) is 181 cm³/mol. The molecule has 46 heavy (non-hydrogen) atoms. The molecule has 0 saturated heterocycles. The molecule has 0 bridgehead atoms. The van der Waals surface area contributed by atoms with Gasteiger partial charge in [0, 0.05) is 43.6 Å². The van der Waals surface area contributed by atoms with Crippen LogP contribution in [0.4, 0.5) is 4.79 Å². The van der Waals surface area contributed by atoms with Gasteiger partial charge < -0.3 is 30.5 Å². The Morgan fingerprint density at radius 1 is 0.804 bits per heavy atom. The van der Waals surface area contributed by atoms with Gasteiger partial charge in [-0.25, -0.2) is 9.59 Å². The van der Waals surface area contributed by atoms with E-state index in [0.717, 1.165) is 33.8 Å². The second kappa shape index (κ2) is 17.5. The molecule has 0 aromatic heterocycles. The average molecular weight is 666 g/mol. The number of nitrogens with one attached hydrogen (secondary N) is 3. The maximum Gasteiger partial charge on any atom is 0.407 e. The van der Waals surface area contributed by atoms with Gasteiger partial charge in [0.05, 0.1) is 18.4 Å². The van der Waals surface area contributed by atoms with Crippen LogP contribution in [0.3, 0.4) is 0 Å². The van der Waals surface area contributed by atoms with Gasteiger partial charge in [0.1, 0.15) is 18.4 Å². The lowest BCUT2D eigenvalue weighted by molar-refractivity contribution is -0.139. The molecule has 4 N–H and O–H groups in total. The quantitative estimate of drug-likeness (QED) is 0.117. The average Bonchev–Trinajstić information content (AvgIpc) is 3.36. The molecule has 3 aromatic carbocycles. The summed E-state index contributed by atoms with van der Waals surface area (Å²) in [7, 11) is 0. The van der Waals surface area contributed by atoms with E-state index >= 15 is 0 Å². The normalized spacial score (nSPS) is 12.5. The van der Waals surface area contributed by atoms with Crippen molar-refractivity contribution in [3.8, 4) is 16.9 Å². The lowest BCUT2D eigenvalue weighted by atomic mass is 9.98. The van der Waals surface area contributed by atoms with Gasteiger partial charge in [-0.2, -0.15) is 0 Å². The van der Waals surface area contributed by atoms with Crippen LogP contribution in [-0.4, -0.2) is 71.5 Å². The lowest BCUT2D eigenvalue weighted by Crippen LogP contribution is -2.42. The number of hydrogen-bond donors (Lipinski definition) is 4. The van der Waals surface area contributed by atoms with E-state index in [1.165, 1.54) is 13.8 Å². The van der Waals surface area contributed by atoms with Crippen molar-refractivity contribution in [3.63, 3.8) is 0 Å². The number of rotatable bonds is 17. The molecule has 0 spiro atoms. The van der Waals surface area contributed by atoms with Crippen molar-refractivity contribution in [2.45, 2.75) is 32.2 Å². The molecule has 12 heteroatoms. The molecule has 0 saturated carbocycles. The molecule has 3 aromatic rings. The molecule has 10 nitrogen and oxygen atoms in total. The van der Waals surface area contributed by atoms with Crippen LogP contribution in [0.1, 0.15) is 36.5 Å². The second-order valence-corrected chi connectivity index (χ2v) is 12.9. The fourth-order valence-corrected chi connectivity index (χ4v) is 7.15. The molecule has 1 aliphatic carbocycles. The van der Waals surface area contributed by atoms with Crippen LogP contribution in [0.5, 0.6) is 5.75 Å². The van der Waals surface area contributed by atoms with Crippen molar-refractivity contribution in [2.24, 2.45) is 5.92 Å². The third kappa shape index (κ3) is 10.4. The molecule has 4 rings (SSSR count). The first-order valence-electron chi connectivity index (χ1n) is 14.9. The van der Waals surface area contributed by atoms with Crippen LogP contribution in [-0.2, 0) is 25.5 Å². The number of aliphatic carboxylic acids is 1. The van der Waals surface area contributed by atoms with Gasteiger partial charge >= 0.3 is 12.1 Å². The molecule has 0 aliphatic heterocycles. The largest absolute Gasteiger partial charge is 0.493 e. The fourth-order valence-electron chi connectivity index (χ4n) is 5.05. The number of benzene rings is 3. The Kier molecular flexibility index (Phi) is 13.2. The number of fused-ring (bicyclic) bond motifs is 3. The zero-order chi connectivity index (χ0) is 32.9. The Labute approximate surface area is 277 Å². The van der Waals surface area contributed by atoms with E-state index in [2.05, 4.69) is 28.1 Å². The first-order chi connectivity index (χ1) is 22.2. The van der Waals surface area contributed by atoms with Gasteiger partial charge in [0.25, 0.3) is 0 Å². The van der Waals surface area contributed by atoms with Gasteiger partial charge in [0.15, 0.2) is 0 Å². The SMILES string of the molecule is CC(=O)NCSCC(COc1ccc(C[C@H](NC(=O)OCC2c3ccccc3-c3ccccc32)C(=O)O)cc1)CSCNC(C)=O. The van der Waals surface area contributed by atoms with Crippen molar-refractivity contribution in [3.05, 3.63) is 89.5 Å². The van der Waals surface area contributed by atoms with Gasteiger partial charge in [0.2, 0.25) is 11.8 Å². The van der Waals surface area contributed by atoms with Crippen molar-refractivity contribution in [1.82, 2.24) is 16.0 Å². The molecule has 1 atom stereocenters. The van der Waals surface area contributed by atoms with Crippen molar-refractivity contribution in [1.29, 1.82) is 0 Å². The summed E-state index contributed by atoms with van der Waals surface area (Å²) in [6.07, 6.45) is -0.713. The second-order valence-electron chi connectivity index (χ2n) is 10.9. The number of carboxylic acid groups (broad SMARTS) is 1. The zero-order valence-electron chi connectivity index (χ0n) is 25.8. The van der Waals surface area contributed by atoms with Crippen LogP contribution in [0, 0.1) is 5.92 Å². The van der Waals surface area contributed by atoms with E-state index in [0.29, 0.717) is 29.7 Å². The summed E-state index contributed by atoms with van der Waals surface area (Å²) in [5.41, 5.74) is 5.09. The Morgan fingerprint density at radius 3 is 1.87 bits per heavy atom. The zero-order valence-corrected chi connectivity index (χ0v) is 27.5. The summed E-state index contributed by atoms with van der Waals surface area (Å²) in [4.78, 5) is 47.1. The topological polar surface area (TPSA) is 143 Å². The highest BCUT2D eigenvalue weighted by molar-refractivity contribution is 8.00. The molecule has 0 fully saturated rings. The highest BCUT2D eigenvalue weighted by Gasteiger charge is 2.30. The Balaban J connectivity index is 1.27. The van der Waals surface area contributed by atoms with Gasteiger partial charge in [-0.1, -0.05) is 60.7 Å². The number of carbonyl (C=O) groups excluding carboxylic acids is 3. The van der Waals surface area contributed by atoms with Crippen LogP contribution in [0.15, 0.2) is 72.8 Å². The Bertz CT molecular complexity index is 1430. The summed E-state index contributed by atoms with van der Waals surface area (Å²) >= 11 is 3.19. The molecular weight excluding hydrogens is 627 g/mol. The molecular formula is C34H39N3O7S2. The number of hydrogen-bond acceptors (Lipinski definition) is 8. The number of ether oxygens (including phenoxy) is 2.